The Morgan fingerprint density at radius 1 is 1.43 bits per heavy atom. The number of fused-ring (bicyclic) bond motifs is 1. The second-order valence-corrected chi connectivity index (χ2v) is 5.71. The predicted octanol–water partition coefficient (Wildman–Crippen LogP) is 2.13. The third-order valence-electron chi connectivity index (χ3n) is 4.21. The van der Waals surface area contributed by atoms with Gasteiger partial charge in [-0.2, -0.15) is 0 Å². The van der Waals surface area contributed by atoms with Gasteiger partial charge in [0.25, 0.3) is 0 Å². The average Bonchev–Trinajstić information content (AvgIpc) is 3.00. The van der Waals surface area contributed by atoms with Gasteiger partial charge in [-0.1, -0.05) is 18.2 Å². The molecule has 1 aliphatic carbocycles. The first-order chi connectivity index (χ1) is 10.2. The number of amides is 1. The highest BCUT2D eigenvalue weighted by atomic mass is 16.5. The Bertz CT molecular complexity index is 553. The minimum absolute atomic E-state index is 0.0443. The molecule has 1 amide bonds. The molecule has 0 spiro atoms. The van der Waals surface area contributed by atoms with Crippen molar-refractivity contribution in [2.75, 3.05) is 13.2 Å². The molecule has 3 rings (SSSR count). The maximum absolute atomic E-state index is 12.0. The molecule has 2 aliphatic rings. The first-order valence-corrected chi connectivity index (χ1v) is 7.60. The molecule has 2 unspecified atom stereocenters. The average molecular weight is 287 g/mol. The van der Waals surface area contributed by atoms with E-state index in [0.29, 0.717) is 6.61 Å². The molecule has 4 nitrogen and oxygen atoms in total. The lowest BCUT2D eigenvalue weighted by Crippen LogP contribution is -2.34. The Balaban J connectivity index is 1.55. The molecule has 1 aliphatic heterocycles. The molecule has 0 saturated heterocycles. The van der Waals surface area contributed by atoms with E-state index in [-0.39, 0.29) is 18.4 Å². The highest BCUT2D eigenvalue weighted by Crippen LogP contribution is 2.28. The summed E-state index contributed by atoms with van der Waals surface area (Å²) in [5, 5.41) is 13.1. The van der Waals surface area contributed by atoms with Crippen LogP contribution in [0.3, 0.4) is 0 Å². The third-order valence-corrected chi connectivity index (χ3v) is 4.21. The summed E-state index contributed by atoms with van der Waals surface area (Å²) in [6, 6.07) is 5.74. The van der Waals surface area contributed by atoms with Crippen LogP contribution >= 0.6 is 0 Å². The molecule has 0 fully saturated rings. The van der Waals surface area contributed by atoms with Gasteiger partial charge in [0.2, 0.25) is 5.91 Å². The van der Waals surface area contributed by atoms with E-state index in [9.17, 15) is 9.90 Å². The van der Waals surface area contributed by atoms with Gasteiger partial charge >= 0.3 is 0 Å². The molecule has 112 valence electrons. The van der Waals surface area contributed by atoms with Crippen molar-refractivity contribution < 1.29 is 14.6 Å². The summed E-state index contributed by atoms with van der Waals surface area (Å²) in [7, 11) is 0. The SMILES string of the molecule is O=C(NCC(O)c1ccc2c(c1)CCO2)C1CC=CCC1. The van der Waals surface area contributed by atoms with Crippen molar-refractivity contribution in [1.29, 1.82) is 0 Å². The van der Waals surface area contributed by atoms with Crippen LogP contribution in [0.4, 0.5) is 0 Å². The molecule has 2 N–H and O–H groups in total. The van der Waals surface area contributed by atoms with E-state index in [1.807, 2.05) is 18.2 Å². The van der Waals surface area contributed by atoms with E-state index in [2.05, 4.69) is 17.5 Å². The van der Waals surface area contributed by atoms with Gasteiger partial charge in [0.05, 0.1) is 12.7 Å². The lowest BCUT2D eigenvalue weighted by atomic mass is 9.93. The van der Waals surface area contributed by atoms with Crippen molar-refractivity contribution in [3.8, 4) is 5.75 Å². The zero-order valence-corrected chi connectivity index (χ0v) is 12.0. The van der Waals surface area contributed by atoms with Crippen LogP contribution in [0.2, 0.25) is 0 Å². The van der Waals surface area contributed by atoms with Gasteiger partial charge < -0.3 is 15.2 Å². The Morgan fingerprint density at radius 2 is 2.33 bits per heavy atom. The number of nitrogens with one attached hydrogen (secondary N) is 1. The van der Waals surface area contributed by atoms with E-state index in [1.165, 1.54) is 0 Å². The minimum atomic E-state index is -0.668. The zero-order chi connectivity index (χ0) is 14.7. The monoisotopic (exact) mass is 287 g/mol. The summed E-state index contributed by atoms with van der Waals surface area (Å²) in [6.07, 6.45) is 7.06. The maximum Gasteiger partial charge on any atom is 0.223 e. The second-order valence-electron chi connectivity index (χ2n) is 5.71. The molecule has 0 bridgehead atoms. The van der Waals surface area contributed by atoms with E-state index in [4.69, 9.17) is 4.74 Å². The summed E-state index contributed by atoms with van der Waals surface area (Å²) >= 11 is 0. The number of hydrogen-bond acceptors (Lipinski definition) is 3. The van der Waals surface area contributed by atoms with Crippen molar-refractivity contribution in [2.24, 2.45) is 5.92 Å². The Labute approximate surface area is 124 Å². The standard InChI is InChI=1S/C17H21NO3/c19-15(11-18-17(20)12-4-2-1-3-5-12)13-6-7-16-14(10-13)8-9-21-16/h1-2,6-7,10,12,15,19H,3-5,8-9,11H2,(H,18,20). The highest BCUT2D eigenvalue weighted by Gasteiger charge is 2.20. The molecule has 0 saturated carbocycles. The van der Waals surface area contributed by atoms with Crippen molar-refractivity contribution in [3.05, 3.63) is 41.5 Å². The quantitative estimate of drug-likeness (QED) is 0.834. The van der Waals surface area contributed by atoms with Gasteiger partial charge in [-0.05, 0) is 42.5 Å². The predicted molar refractivity (Wildman–Crippen MR) is 80.1 cm³/mol. The van der Waals surface area contributed by atoms with Crippen LogP contribution in [-0.4, -0.2) is 24.2 Å². The fourth-order valence-corrected chi connectivity index (χ4v) is 2.90. The van der Waals surface area contributed by atoms with Crippen molar-refractivity contribution in [1.82, 2.24) is 5.32 Å². The van der Waals surface area contributed by atoms with E-state index >= 15 is 0 Å². The summed E-state index contributed by atoms with van der Waals surface area (Å²) in [6.45, 7) is 0.972. The number of carbonyl (C=O) groups excluding carboxylic acids is 1. The molecule has 0 radical (unpaired) electrons. The van der Waals surface area contributed by atoms with Crippen LogP contribution in [0.1, 0.15) is 36.5 Å². The van der Waals surface area contributed by atoms with E-state index in [1.54, 1.807) is 0 Å². The van der Waals surface area contributed by atoms with Gasteiger partial charge in [-0.15, -0.1) is 0 Å². The number of benzene rings is 1. The van der Waals surface area contributed by atoms with Gasteiger partial charge in [0, 0.05) is 18.9 Å². The largest absolute Gasteiger partial charge is 0.493 e. The van der Waals surface area contributed by atoms with Crippen LogP contribution in [0.15, 0.2) is 30.4 Å². The van der Waals surface area contributed by atoms with Crippen LogP contribution in [0, 0.1) is 5.92 Å². The summed E-state index contributed by atoms with van der Waals surface area (Å²) in [5.41, 5.74) is 1.97. The fraction of sp³-hybridized carbons (Fsp3) is 0.471. The lowest BCUT2D eigenvalue weighted by molar-refractivity contribution is -0.125. The number of allylic oxidation sites excluding steroid dienone is 2. The molecule has 1 aromatic rings. The molecule has 2 atom stereocenters. The zero-order valence-electron chi connectivity index (χ0n) is 12.0. The summed E-state index contributed by atoms with van der Waals surface area (Å²) in [4.78, 5) is 12.0. The van der Waals surface area contributed by atoms with Crippen LogP contribution in [-0.2, 0) is 11.2 Å². The summed E-state index contributed by atoms with van der Waals surface area (Å²) < 4.78 is 5.45. The smallest absolute Gasteiger partial charge is 0.223 e. The topological polar surface area (TPSA) is 58.6 Å². The van der Waals surface area contributed by atoms with E-state index in [0.717, 1.165) is 42.6 Å². The van der Waals surface area contributed by atoms with Crippen molar-refractivity contribution in [3.63, 3.8) is 0 Å². The normalized spacial score (nSPS) is 21.5. The molecule has 0 aromatic heterocycles. The Morgan fingerprint density at radius 3 is 3.14 bits per heavy atom. The number of hydrogen-bond donors (Lipinski definition) is 2. The maximum atomic E-state index is 12.0. The second kappa shape index (κ2) is 6.31. The van der Waals surface area contributed by atoms with Gasteiger partial charge in [0.1, 0.15) is 5.75 Å². The highest BCUT2D eigenvalue weighted by molar-refractivity contribution is 5.79. The lowest BCUT2D eigenvalue weighted by Gasteiger charge is -2.19. The number of aliphatic hydroxyl groups excluding tert-OH is 1. The summed E-state index contributed by atoms with van der Waals surface area (Å²) in [5.74, 6) is 1.00. The molecule has 1 heterocycles. The Hall–Kier alpha value is -1.81. The van der Waals surface area contributed by atoms with E-state index < -0.39 is 6.10 Å². The van der Waals surface area contributed by atoms with Gasteiger partial charge in [0.15, 0.2) is 0 Å². The van der Waals surface area contributed by atoms with Crippen molar-refractivity contribution in [2.45, 2.75) is 31.8 Å². The molecule has 4 heteroatoms. The third kappa shape index (κ3) is 3.27. The number of aliphatic hydroxyl groups is 1. The van der Waals surface area contributed by atoms with Crippen LogP contribution in [0.5, 0.6) is 5.75 Å². The molecule has 21 heavy (non-hydrogen) atoms. The van der Waals surface area contributed by atoms with Gasteiger partial charge in [-0.3, -0.25) is 4.79 Å². The minimum Gasteiger partial charge on any atom is -0.493 e. The first-order valence-electron chi connectivity index (χ1n) is 7.60. The first kappa shape index (κ1) is 14.1. The fourth-order valence-electron chi connectivity index (χ4n) is 2.90. The number of carbonyl (C=O) groups is 1. The van der Waals surface area contributed by atoms with Crippen molar-refractivity contribution >= 4 is 5.91 Å². The molecular weight excluding hydrogens is 266 g/mol. The van der Waals surface area contributed by atoms with Gasteiger partial charge in [-0.25, -0.2) is 0 Å². The molecular formula is C17H21NO3. The molecule has 1 aromatic carbocycles. The van der Waals surface area contributed by atoms with Crippen LogP contribution in [0.25, 0.3) is 0 Å². The number of rotatable bonds is 4. The van der Waals surface area contributed by atoms with Crippen LogP contribution < -0.4 is 10.1 Å². The number of ether oxygens (including phenoxy) is 1. The Kier molecular flexibility index (Phi) is 4.25.